The van der Waals surface area contributed by atoms with Crippen LogP contribution in [0.5, 0.6) is 0 Å². The number of Topliss-reactive ketones (excluding diaryl/α,β-unsaturated/α-hetero) is 2. The Morgan fingerprint density at radius 1 is 0.574 bits per heavy atom. The van der Waals surface area contributed by atoms with Crippen LogP contribution in [0.1, 0.15) is 156 Å². The van der Waals surface area contributed by atoms with E-state index in [1.165, 1.54) is 26.2 Å². The number of rotatable bonds is 36. The second-order valence-electron chi connectivity index (χ2n) is 15.2. The van der Waals surface area contributed by atoms with Crippen LogP contribution in [0.25, 0.3) is 0 Å². The lowest BCUT2D eigenvalue weighted by molar-refractivity contribution is -0.142. The summed E-state index contributed by atoms with van der Waals surface area (Å²) in [4.78, 5) is 82.8. The first-order valence-corrected chi connectivity index (χ1v) is 20.1. The van der Waals surface area contributed by atoms with Gasteiger partial charge in [-0.25, -0.2) is 4.79 Å². The highest BCUT2D eigenvalue weighted by molar-refractivity contribution is 5.89. The van der Waals surface area contributed by atoms with Crippen LogP contribution in [-0.2, 0) is 43.0 Å². The lowest BCUT2D eigenvalue weighted by atomic mass is 9.82. The van der Waals surface area contributed by atoms with Crippen LogP contribution < -0.4 is 16.0 Å². The Morgan fingerprint density at radius 3 is 1.65 bits per heavy atom. The first-order valence-electron chi connectivity index (χ1n) is 20.1. The standard InChI is InChI=1S/C40H71N3O11/c1-31(44)32(29-34(45)40(2,3)4)19-17-18-24-41-37(48)30-54-28-27-53-26-25-42-35(46)23-22-33(39(51)52)43-36(47)20-15-13-11-9-7-5-6-8-10-12-14-16-21-38(49)50/h32-33H,5-30H2,1-4H3,(H,41,48)(H,42,46)(H,43,47)(H,49,50)(H,51,52)/t32-,33+/m1/s1. The largest absolute Gasteiger partial charge is 0.481 e. The van der Waals surface area contributed by atoms with E-state index in [2.05, 4.69) is 16.0 Å². The van der Waals surface area contributed by atoms with Crippen molar-refractivity contribution in [2.24, 2.45) is 11.3 Å². The minimum Gasteiger partial charge on any atom is -0.481 e. The van der Waals surface area contributed by atoms with E-state index in [9.17, 15) is 38.7 Å². The van der Waals surface area contributed by atoms with Gasteiger partial charge >= 0.3 is 11.9 Å². The number of ketones is 2. The van der Waals surface area contributed by atoms with Crippen molar-refractivity contribution in [2.45, 2.75) is 162 Å². The van der Waals surface area contributed by atoms with Gasteiger partial charge in [0.05, 0.1) is 19.8 Å². The molecule has 0 bridgehead atoms. The molecule has 54 heavy (non-hydrogen) atoms. The lowest BCUT2D eigenvalue weighted by Crippen LogP contribution is -2.41. The Balaban J connectivity index is 3.82. The molecule has 14 heteroatoms. The van der Waals surface area contributed by atoms with E-state index < -0.39 is 23.4 Å². The van der Waals surface area contributed by atoms with Gasteiger partial charge in [-0.2, -0.15) is 0 Å². The quantitative estimate of drug-likeness (QED) is 0.0500. The molecular weight excluding hydrogens is 698 g/mol. The molecule has 0 saturated heterocycles. The van der Waals surface area contributed by atoms with Crippen molar-refractivity contribution in [3.8, 4) is 0 Å². The maximum atomic E-state index is 12.3. The van der Waals surface area contributed by atoms with E-state index in [1.807, 2.05) is 20.8 Å². The molecular formula is C40H71N3O11. The number of hydrogen-bond acceptors (Lipinski definition) is 9. The molecule has 0 fully saturated rings. The molecule has 0 rings (SSSR count). The summed E-state index contributed by atoms with van der Waals surface area (Å²) in [6.07, 6.45) is 15.0. The monoisotopic (exact) mass is 770 g/mol. The number of carboxylic acids is 2. The van der Waals surface area contributed by atoms with E-state index in [1.54, 1.807) is 0 Å². The Morgan fingerprint density at radius 2 is 1.11 bits per heavy atom. The van der Waals surface area contributed by atoms with Gasteiger partial charge in [0, 0.05) is 50.1 Å². The molecule has 0 aliphatic rings. The fourth-order valence-electron chi connectivity index (χ4n) is 5.64. The zero-order valence-electron chi connectivity index (χ0n) is 33.6. The number of ether oxygens (including phenoxy) is 2. The maximum absolute atomic E-state index is 12.3. The third-order valence-electron chi connectivity index (χ3n) is 9.16. The molecule has 0 unspecified atom stereocenters. The molecule has 0 spiro atoms. The van der Waals surface area contributed by atoms with Gasteiger partial charge in [0.25, 0.3) is 0 Å². The number of aliphatic carboxylic acids is 2. The van der Waals surface area contributed by atoms with Crippen LogP contribution in [0.2, 0.25) is 0 Å². The second kappa shape index (κ2) is 31.9. The van der Waals surface area contributed by atoms with E-state index in [0.29, 0.717) is 25.8 Å². The molecule has 0 aromatic rings. The maximum Gasteiger partial charge on any atom is 0.326 e. The Kier molecular flexibility index (Phi) is 29.9. The summed E-state index contributed by atoms with van der Waals surface area (Å²) >= 11 is 0. The lowest BCUT2D eigenvalue weighted by Gasteiger charge is -2.20. The Labute approximate surface area is 323 Å². The first-order chi connectivity index (χ1) is 25.6. The predicted molar refractivity (Wildman–Crippen MR) is 206 cm³/mol. The number of nitrogens with one attached hydrogen (secondary N) is 3. The molecule has 312 valence electrons. The Bertz CT molecular complexity index is 1110. The van der Waals surface area contributed by atoms with E-state index in [-0.39, 0.29) is 100 Å². The third kappa shape index (κ3) is 31.0. The zero-order valence-corrected chi connectivity index (χ0v) is 33.6. The molecule has 3 amide bonds. The van der Waals surface area contributed by atoms with Gasteiger partial charge in [-0.15, -0.1) is 0 Å². The van der Waals surface area contributed by atoms with Crippen molar-refractivity contribution in [3.05, 3.63) is 0 Å². The van der Waals surface area contributed by atoms with Gasteiger partial charge in [-0.1, -0.05) is 91.4 Å². The van der Waals surface area contributed by atoms with Crippen LogP contribution in [-0.4, -0.2) is 97.0 Å². The second-order valence-corrected chi connectivity index (χ2v) is 15.2. The van der Waals surface area contributed by atoms with Gasteiger partial charge in [0.1, 0.15) is 24.2 Å². The van der Waals surface area contributed by atoms with Crippen molar-refractivity contribution >= 4 is 41.2 Å². The number of unbranched alkanes of at least 4 members (excludes halogenated alkanes) is 12. The third-order valence-corrected chi connectivity index (χ3v) is 9.16. The van der Waals surface area contributed by atoms with E-state index in [4.69, 9.17) is 14.6 Å². The fraction of sp³-hybridized carbons (Fsp3) is 0.825. The summed E-state index contributed by atoms with van der Waals surface area (Å²) in [5.74, 6) is -3.07. The molecule has 5 N–H and O–H groups in total. The van der Waals surface area contributed by atoms with Crippen molar-refractivity contribution in [2.75, 3.05) is 39.5 Å². The van der Waals surface area contributed by atoms with E-state index in [0.717, 1.165) is 57.8 Å². The van der Waals surface area contributed by atoms with E-state index >= 15 is 0 Å². The molecule has 0 saturated carbocycles. The smallest absolute Gasteiger partial charge is 0.326 e. The average molecular weight is 770 g/mol. The summed E-state index contributed by atoms with van der Waals surface area (Å²) in [7, 11) is 0. The molecule has 0 aromatic carbocycles. The highest BCUT2D eigenvalue weighted by Gasteiger charge is 2.26. The average Bonchev–Trinajstić information content (AvgIpc) is 3.09. The first kappa shape index (κ1) is 50.6. The normalized spacial score (nSPS) is 12.4. The molecule has 0 aromatic heterocycles. The molecule has 0 aliphatic heterocycles. The minimum atomic E-state index is -1.18. The van der Waals surface area contributed by atoms with Gasteiger partial charge < -0.3 is 35.6 Å². The highest BCUT2D eigenvalue weighted by Crippen LogP contribution is 2.23. The number of carbonyl (C=O) groups excluding carboxylic acids is 5. The van der Waals surface area contributed by atoms with Crippen LogP contribution in [0.15, 0.2) is 0 Å². The van der Waals surface area contributed by atoms with Crippen molar-refractivity contribution in [1.82, 2.24) is 16.0 Å². The van der Waals surface area contributed by atoms with Gasteiger partial charge in [-0.05, 0) is 39.0 Å². The highest BCUT2D eigenvalue weighted by atomic mass is 16.5. The molecule has 0 heterocycles. The SMILES string of the molecule is CC(=O)[C@H](CCCCNC(=O)COCCOCCNC(=O)CC[C@H](NC(=O)CCCCCCCCCCCCCCC(=O)O)C(=O)O)CC(=O)C(C)(C)C. The topological polar surface area (TPSA) is 214 Å². The predicted octanol–water partition coefficient (Wildman–Crippen LogP) is 5.53. The molecule has 14 nitrogen and oxygen atoms in total. The molecule has 0 aliphatic carbocycles. The van der Waals surface area contributed by atoms with Crippen molar-refractivity contribution in [1.29, 1.82) is 0 Å². The van der Waals surface area contributed by atoms with Gasteiger partial charge in [0.15, 0.2) is 0 Å². The number of hydrogen-bond donors (Lipinski definition) is 5. The molecule has 2 atom stereocenters. The Hall–Kier alpha value is -3.39. The number of amides is 3. The van der Waals surface area contributed by atoms with Crippen molar-refractivity contribution in [3.63, 3.8) is 0 Å². The summed E-state index contributed by atoms with van der Waals surface area (Å²) < 4.78 is 10.7. The van der Waals surface area contributed by atoms with Crippen molar-refractivity contribution < 1.29 is 53.2 Å². The van der Waals surface area contributed by atoms with Gasteiger partial charge in [-0.3, -0.25) is 28.8 Å². The summed E-state index contributed by atoms with van der Waals surface area (Å²) in [5, 5.41) is 26.1. The van der Waals surface area contributed by atoms with Crippen LogP contribution >= 0.6 is 0 Å². The van der Waals surface area contributed by atoms with Crippen LogP contribution in [0.3, 0.4) is 0 Å². The number of carbonyl (C=O) groups is 7. The fourth-order valence-corrected chi connectivity index (χ4v) is 5.64. The summed E-state index contributed by atoms with van der Waals surface area (Å²) in [5.41, 5.74) is -0.474. The zero-order chi connectivity index (χ0) is 40.6. The summed E-state index contributed by atoms with van der Waals surface area (Å²) in [6, 6.07) is -1.14. The minimum absolute atomic E-state index is 0.00809. The summed E-state index contributed by atoms with van der Waals surface area (Å²) in [6.45, 7) is 8.20. The number of carboxylic acid groups (broad SMARTS) is 2. The van der Waals surface area contributed by atoms with Crippen LogP contribution in [0, 0.1) is 11.3 Å². The molecule has 0 radical (unpaired) electrons. The van der Waals surface area contributed by atoms with Gasteiger partial charge in [0.2, 0.25) is 17.7 Å². The van der Waals surface area contributed by atoms with Crippen LogP contribution in [0.4, 0.5) is 0 Å².